The van der Waals surface area contributed by atoms with Gasteiger partial charge in [-0.1, -0.05) is 6.07 Å². The summed E-state index contributed by atoms with van der Waals surface area (Å²) in [6.45, 7) is 1.98. The molecule has 0 spiro atoms. The van der Waals surface area contributed by atoms with Gasteiger partial charge >= 0.3 is 0 Å². The first kappa shape index (κ1) is 12.5. The third-order valence-electron chi connectivity index (χ3n) is 2.83. The van der Waals surface area contributed by atoms with Crippen LogP contribution in [0.3, 0.4) is 0 Å². The van der Waals surface area contributed by atoms with Gasteiger partial charge in [-0.3, -0.25) is 4.79 Å². The number of rotatable bonds is 3. The van der Waals surface area contributed by atoms with Gasteiger partial charge in [0.2, 0.25) is 0 Å². The van der Waals surface area contributed by atoms with E-state index in [1.165, 1.54) is 12.5 Å². The number of carbonyl (C=O) groups is 1. The predicted octanol–water partition coefficient (Wildman–Crippen LogP) is 1.95. The van der Waals surface area contributed by atoms with Crippen molar-refractivity contribution in [3.63, 3.8) is 0 Å². The molecule has 0 aliphatic heterocycles. The highest BCUT2D eigenvalue weighted by atomic mass is 32.1. The van der Waals surface area contributed by atoms with E-state index in [-0.39, 0.29) is 17.8 Å². The van der Waals surface area contributed by atoms with Crippen molar-refractivity contribution in [2.24, 2.45) is 0 Å². The number of thiophene rings is 1. The maximum atomic E-state index is 12.3. The highest BCUT2D eigenvalue weighted by molar-refractivity contribution is 7.10. The summed E-state index contributed by atoms with van der Waals surface area (Å²) < 4.78 is 0. The summed E-state index contributed by atoms with van der Waals surface area (Å²) >= 11 is 1.62. The Morgan fingerprint density at radius 2 is 2.33 bits per heavy atom. The molecular weight excluding hydrogens is 248 g/mol. The van der Waals surface area contributed by atoms with Crippen LogP contribution in [-0.4, -0.2) is 27.8 Å². The van der Waals surface area contributed by atoms with E-state index in [4.69, 9.17) is 5.73 Å². The Bertz CT molecular complexity index is 541. The summed E-state index contributed by atoms with van der Waals surface area (Å²) in [5.74, 6) is 0.0363. The van der Waals surface area contributed by atoms with Crippen LogP contribution in [0.4, 0.5) is 5.82 Å². The molecule has 2 aromatic rings. The fourth-order valence-corrected chi connectivity index (χ4v) is 2.42. The van der Waals surface area contributed by atoms with E-state index >= 15 is 0 Å². The number of aromatic nitrogens is 2. The van der Waals surface area contributed by atoms with Crippen LogP contribution in [0.25, 0.3) is 0 Å². The molecule has 1 atom stereocenters. The van der Waals surface area contributed by atoms with Crippen LogP contribution in [0.15, 0.2) is 30.0 Å². The van der Waals surface area contributed by atoms with E-state index in [2.05, 4.69) is 9.97 Å². The molecule has 0 bridgehead atoms. The normalized spacial score (nSPS) is 12.1. The summed E-state index contributed by atoms with van der Waals surface area (Å²) in [4.78, 5) is 22.7. The van der Waals surface area contributed by atoms with Gasteiger partial charge in [0.25, 0.3) is 5.91 Å². The number of hydrogen-bond acceptors (Lipinski definition) is 5. The van der Waals surface area contributed by atoms with Crippen LogP contribution in [0.2, 0.25) is 0 Å². The average molecular weight is 262 g/mol. The van der Waals surface area contributed by atoms with Crippen LogP contribution < -0.4 is 5.73 Å². The van der Waals surface area contributed by atoms with Gasteiger partial charge in [0.15, 0.2) is 0 Å². The molecule has 0 fully saturated rings. The smallest absolute Gasteiger partial charge is 0.259 e. The van der Waals surface area contributed by atoms with E-state index in [0.717, 1.165) is 4.88 Å². The minimum absolute atomic E-state index is 0.00268. The number of carbonyl (C=O) groups excluding carboxylic acids is 1. The molecule has 5 nitrogen and oxygen atoms in total. The van der Waals surface area contributed by atoms with Crippen molar-refractivity contribution >= 4 is 23.1 Å². The van der Waals surface area contributed by atoms with Crippen LogP contribution in [0, 0.1) is 0 Å². The largest absolute Gasteiger partial charge is 0.383 e. The van der Waals surface area contributed by atoms with Crippen molar-refractivity contribution in [1.82, 2.24) is 14.9 Å². The van der Waals surface area contributed by atoms with Gasteiger partial charge in [0.1, 0.15) is 12.1 Å². The average Bonchev–Trinajstić information content (AvgIpc) is 2.90. The number of hydrogen-bond donors (Lipinski definition) is 1. The highest BCUT2D eigenvalue weighted by Crippen LogP contribution is 2.25. The molecule has 1 unspecified atom stereocenters. The molecule has 0 aromatic carbocycles. The van der Waals surface area contributed by atoms with Gasteiger partial charge in [-0.15, -0.1) is 11.3 Å². The van der Waals surface area contributed by atoms with Crippen LogP contribution >= 0.6 is 11.3 Å². The maximum absolute atomic E-state index is 12.3. The number of nitrogens with zero attached hydrogens (tertiary/aromatic N) is 3. The first-order chi connectivity index (χ1) is 8.61. The molecule has 6 heteroatoms. The lowest BCUT2D eigenvalue weighted by atomic mass is 10.2. The van der Waals surface area contributed by atoms with Crippen molar-refractivity contribution < 1.29 is 4.79 Å². The Morgan fingerprint density at radius 1 is 1.56 bits per heavy atom. The molecule has 1 amide bonds. The van der Waals surface area contributed by atoms with Gasteiger partial charge < -0.3 is 10.6 Å². The second-order valence-corrected chi connectivity index (χ2v) is 4.91. The maximum Gasteiger partial charge on any atom is 0.259 e. The van der Waals surface area contributed by atoms with Gasteiger partial charge in [-0.05, 0) is 18.4 Å². The quantitative estimate of drug-likeness (QED) is 0.917. The van der Waals surface area contributed by atoms with Crippen LogP contribution in [-0.2, 0) is 0 Å². The number of amides is 1. The fourth-order valence-electron chi connectivity index (χ4n) is 1.59. The minimum atomic E-state index is -0.172. The second-order valence-electron chi connectivity index (χ2n) is 3.93. The van der Waals surface area contributed by atoms with E-state index in [9.17, 15) is 4.79 Å². The summed E-state index contributed by atoms with van der Waals surface area (Å²) in [6.07, 6.45) is 2.77. The Kier molecular flexibility index (Phi) is 3.57. The zero-order valence-corrected chi connectivity index (χ0v) is 11.0. The van der Waals surface area contributed by atoms with Crippen molar-refractivity contribution in [2.75, 3.05) is 12.8 Å². The van der Waals surface area contributed by atoms with Crippen molar-refractivity contribution in [1.29, 1.82) is 0 Å². The second kappa shape index (κ2) is 5.14. The molecule has 2 heterocycles. The van der Waals surface area contributed by atoms with E-state index in [0.29, 0.717) is 5.56 Å². The lowest BCUT2D eigenvalue weighted by molar-refractivity contribution is 0.0745. The number of nitrogen functional groups attached to an aromatic ring is 1. The SMILES string of the molecule is CC(c1cccs1)N(C)C(=O)c1cncnc1N. The Hall–Kier alpha value is -1.95. The lowest BCUT2D eigenvalue weighted by Crippen LogP contribution is -2.30. The van der Waals surface area contributed by atoms with Gasteiger partial charge in [-0.2, -0.15) is 0 Å². The Labute approximate surface area is 109 Å². The molecule has 94 valence electrons. The summed E-state index contributed by atoms with van der Waals surface area (Å²) in [6, 6.07) is 3.97. The number of anilines is 1. The molecule has 0 saturated heterocycles. The summed E-state index contributed by atoms with van der Waals surface area (Å²) in [5, 5.41) is 1.99. The topological polar surface area (TPSA) is 72.1 Å². The zero-order valence-electron chi connectivity index (χ0n) is 10.2. The molecule has 18 heavy (non-hydrogen) atoms. The van der Waals surface area contributed by atoms with Crippen molar-refractivity contribution in [3.05, 3.63) is 40.5 Å². The predicted molar refractivity (Wildman–Crippen MR) is 71.3 cm³/mol. The first-order valence-electron chi connectivity index (χ1n) is 5.47. The van der Waals surface area contributed by atoms with Gasteiger partial charge in [-0.25, -0.2) is 9.97 Å². The molecule has 0 saturated carbocycles. The third kappa shape index (κ3) is 2.33. The van der Waals surface area contributed by atoms with Gasteiger partial charge in [0.05, 0.1) is 11.6 Å². The molecular formula is C12H14N4OS. The molecule has 2 N–H and O–H groups in total. The molecule has 2 rings (SSSR count). The lowest BCUT2D eigenvalue weighted by Gasteiger charge is -2.24. The zero-order chi connectivity index (χ0) is 13.1. The van der Waals surface area contributed by atoms with Crippen molar-refractivity contribution in [3.8, 4) is 0 Å². The van der Waals surface area contributed by atoms with Crippen molar-refractivity contribution in [2.45, 2.75) is 13.0 Å². The standard InChI is InChI=1S/C12H14N4OS/c1-8(10-4-3-5-18-10)16(2)12(17)9-6-14-7-15-11(9)13/h3-8H,1-2H3,(H2,13,14,15). The van der Waals surface area contributed by atoms with Crippen LogP contribution in [0.1, 0.15) is 28.2 Å². The molecule has 0 aliphatic carbocycles. The molecule has 0 aliphatic rings. The Morgan fingerprint density at radius 3 is 2.94 bits per heavy atom. The molecule has 0 radical (unpaired) electrons. The van der Waals surface area contributed by atoms with E-state index in [1.54, 1.807) is 23.3 Å². The summed E-state index contributed by atoms with van der Waals surface area (Å²) in [7, 11) is 1.75. The summed E-state index contributed by atoms with van der Waals surface area (Å²) in [5.41, 5.74) is 6.02. The number of nitrogens with two attached hydrogens (primary N) is 1. The third-order valence-corrected chi connectivity index (χ3v) is 3.87. The highest BCUT2D eigenvalue weighted by Gasteiger charge is 2.21. The monoisotopic (exact) mass is 262 g/mol. The molecule has 2 aromatic heterocycles. The minimum Gasteiger partial charge on any atom is -0.383 e. The van der Waals surface area contributed by atoms with Crippen LogP contribution in [0.5, 0.6) is 0 Å². The first-order valence-corrected chi connectivity index (χ1v) is 6.35. The van der Waals surface area contributed by atoms with Gasteiger partial charge in [0, 0.05) is 18.1 Å². The van der Waals surface area contributed by atoms with E-state index < -0.39 is 0 Å². The Balaban J connectivity index is 2.22. The van der Waals surface area contributed by atoms with E-state index in [1.807, 2.05) is 24.4 Å². The fraction of sp³-hybridized carbons (Fsp3) is 0.250.